The Morgan fingerprint density at radius 2 is 1.72 bits per heavy atom. The van der Waals surface area contributed by atoms with Crippen molar-refractivity contribution in [2.45, 2.75) is 44.1 Å². The van der Waals surface area contributed by atoms with Gasteiger partial charge in [-0.25, -0.2) is 0 Å². The summed E-state index contributed by atoms with van der Waals surface area (Å²) in [6.45, 7) is 4.09. The Kier molecular flexibility index (Phi) is 8.19. The fourth-order valence-electron chi connectivity index (χ4n) is 2.47. The first-order valence-electron chi connectivity index (χ1n) is 6.50. The Morgan fingerprint density at radius 1 is 1.11 bits per heavy atom. The number of hydrogen-bond acceptors (Lipinski definition) is 3. The van der Waals surface area contributed by atoms with Gasteiger partial charge in [0.1, 0.15) is 0 Å². The van der Waals surface area contributed by atoms with E-state index in [1.54, 1.807) is 0 Å². The van der Waals surface area contributed by atoms with E-state index in [9.17, 15) is 4.79 Å². The van der Waals surface area contributed by atoms with E-state index in [2.05, 4.69) is 10.2 Å². The highest BCUT2D eigenvalue weighted by atomic mass is 35.5. The lowest BCUT2D eigenvalue weighted by atomic mass is 9.77. The highest BCUT2D eigenvalue weighted by molar-refractivity contribution is 5.87. The van der Waals surface area contributed by atoms with E-state index >= 15 is 0 Å². The lowest BCUT2D eigenvalue weighted by Gasteiger charge is -2.36. The van der Waals surface area contributed by atoms with Crippen LogP contribution in [0.2, 0.25) is 0 Å². The van der Waals surface area contributed by atoms with Crippen molar-refractivity contribution in [3.05, 3.63) is 0 Å². The molecule has 3 N–H and O–H groups in total. The zero-order valence-corrected chi connectivity index (χ0v) is 12.5. The number of likely N-dealkylation sites (tertiary alicyclic amines) is 1. The number of amides is 1. The van der Waals surface area contributed by atoms with Crippen LogP contribution in [-0.2, 0) is 4.79 Å². The molecule has 2 fully saturated rings. The molecule has 108 valence electrons. The maximum atomic E-state index is 11.7. The second-order valence-corrected chi connectivity index (χ2v) is 5.17. The molecule has 2 aliphatic rings. The van der Waals surface area contributed by atoms with Gasteiger partial charge in [0.15, 0.2) is 0 Å². The normalized spacial score (nSPS) is 22.1. The summed E-state index contributed by atoms with van der Waals surface area (Å²) in [5.41, 5.74) is 5.40. The van der Waals surface area contributed by atoms with E-state index in [0.29, 0.717) is 0 Å². The molecule has 1 aliphatic heterocycles. The fraction of sp³-hybridized carbons (Fsp3) is 0.917. The van der Waals surface area contributed by atoms with Crippen LogP contribution in [0.25, 0.3) is 0 Å². The van der Waals surface area contributed by atoms with Gasteiger partial charge in [-0.2, -0.15) is 0 Å². The summed E-state index contributed by atoms with van der Waals surface area (Å²) in [6.07, 6.45) is 6.75. The predicted molar refractivity (Wildman–Crippen MR) is 78.6 cm³/mol. The Balaban J connectivity index is 0.00000144. The van der Waals surface area contributed by atoms with Gasteiger partial charge in [0.05, 0.1) is 5.54 Å². The summed E-state index contributed by atoms with van der Waals surface area (Å²) >= 11 is 0. The molecule has 0 radical (unpaired) electrons. The Hall–Kier alpha value is -0.0300. The molecule has 0 aromatic carbocycles. The third kappa shape index (κ3) is 4.57. The van der Waals surface area contributed by atoms with Gasteiger partial charge in [-0.05, 0) is 45.2 Å². The molecule has 2 rings (SSSR count). The topological polar surface area (TPSA) is 58.4 Å². The SMILES string of the molecule is Cl.Cl.NC1(C(=O)NCCN2CCCCC2)CCC1. The maximum Gasteiger partial charge on any atom is 0.240 e. The van der Waals surface area contributed by atoms with E-state index < -0.39 is 5.54 Å². The molecule has 18 heavy (non-hydrogen) atoms. The molecule has 1 saturated heterocycles. The number of rotatable bonds is 4. The summed E-state index contributed by atoms with van der Waals surface area (Å²) in [5, 5.41) is 2.97. The molecule has 0 bridgehead atoms. The molecule has 1 aliphatic carbocycles. The van der Waals surface area contributed by atoms with Gasteiger partial charge in [0.2, 0.25) is 5.91 Å². The average molecular weight is 298 g/mol. The number of carbonyl (C=O) groups excluding carboxylic acids is 1. The molecule has 0 aromatic heterocycles. The second kappa shape index (κ2) is 8.20. The van der Waals surface area contributed by atoms with Gasteiger partial charge < -0.3 is 16.0 Å². The average Bonchev–Trinajstić information content (AvgIpc) is 2.27. The molecular weight excluding hydrogens is 273 g/mol. The quantitative estimate of drug-likeness (QED) is 0.823. The van der Waals surface area contributed by atoms with Crippen LogP contribution in [0.3, 0.4) is 0 Å². The number of nitrogens with zero attached hydrogens (tertiary/aromatic N) is 1. The summed E-state index contributed by atoms with van der Waals surface area (Å²) < 4.78 is 0. The third-order valence-corrected chi connectivity index (χ3v) is 3.86. The molecule has 6 heteroatoms. The maximum absolute atomic E-state index is 11.7. The van der Waals surface area contributed by atoms with Crippen molar-refractivity contribution in [2.75, 3.05) is 26.2 Å². The highest BCUT2D eigenvalue weighted by Gasteiger charge is 2.39. The van der Waals surface area contributed by atoms with Crippen LogP contribution in [0.5, 0.6) is 0 Å². The van der Waals surface area contributed by atoms with Crippen molar-refractivity contribution >= 4 is 30.7 Å². The standard InChI is InChI=1S/C12H23N3O.2ClH/c13-12(5-4-6-12)11(16)14-7-10-15-8-2-1-3-9-15;;/h1-10,13H2,(H,14,16);2*1H. The minimum absolute atomic E-state index is 0. The minimum atomic E-state index is -0.540. The Morgan fingerprint density at radius 3 is 2.22 bits per heavy atom. The van der Waals surface area contributed by atoms with E-state index in [4.69, 9.17) is 5.73 Å². The van der Waals surface area contributed by atoms with Crippen molar-refractivity contribution in [1.82, 2.24) is 10.2 Å². The molecule has 0 aromatic rings. The predicted octanol–water partition coefficient (Wildman–Crippen LogP) is 1.31. The van der Waals surface area contributed by atoms with Crippen molar-refractivity contribution in [3.8, 4) is 0 Å². The van der Waals surface area contributed by atoms with Gasteiger partial charge in [0.25, 0.3) is 0 Å². The van der Waals surface area contributed by atoms with E-state index in [1.165, 1.54) is 32.4 Å². The number of nitrogens with two attached hydrogens (primary N) is 1. The van der Waals surface area contributed by atoms with Crippen LogP contribution in [0.1, 0.15) is 38.5 Å². The zero-order valence-electron chi connectivity index (χ0n) is 10.8. The third-order valence-electron chi connectivity index (χ3n) is 3.86. The van der Waals surface area contributed by atoms with Crippen LogP contribution >= 0.6 is 24.8 Å². The summed E-state index contributed by atoms with van der Waals surface area (Å²) in [6, 6.07) is 0. The van der Waals surface area contributed by atoms with E-state index in [-0.39, 0.29) is 30.7 Å². The van der Waals surface area contributed by atoms with Gasteiger partial charge in [-0.1, -0.05) is 6.42 Å². The molecule has 4 nitrogen and oxygen atoms in total. The monoisotopic (exact) mass is 297 g/mol. The van der Waals surface area contributed by atoms with Crippen LogP contribution < -0.4 is 11.1 Å². The second-order valence-electron chi connectivity index (χ2n) is 5.17. The van der Waals surface area contributed by atoms with Crippen molar-refractivity contribution in [2.24, 2.45) is 5.73 Å². The van der Waals surface area contributed by atoms with Crippen LogP contribution in [0.4, 0.5) is 0 Å². The summed E-state index contributed by atoms with van der Waals surface area (Å²) in [7, 11) is 0. The lowest BCUT2D eigenvalue weighted by Crippen LogP contribution is -2.59. The fourth-order valence-corrected chi connectivity index (χ4v) is 2.47. The molecule has 0 atom stereocenters. The van der Waals surface area contributed by atoms with Gasteiger partial charge in [0, 0.05) is 13.1 Å². The van der Waals surface area contributed by atoms with Crippen molar-refractivity contribution < 1.29 is 4.79 Å². The van der Waals surface area contributed by atoms with Crippen LogP contribution in [-0.4, -0.2) is 42.5 Å². The van der Waals surface area contributed by atoms with Gasteiger partial charge >= 0.3 is 0 Å². The first-order chi connectivity index (χ1) is 7.71. The first kappa shape index (κ1) is 18.0. The van der Waals surface area contributed by atoms with Gasteiger partial charge in [-0.3, -0.25) is 4.79 Å². The number of nitrogens with one attached hydrogen (secondary N) is 1. The smallest absolute Gasteiger partial charge is 0.240 e. The Labute approximate surface area is 122 Å². The largest absolute Gasteiger partial charge is 0.353 e. The number of halogens is 2. The van der Waals surface area contributed by atoms with Crippen LogP contribution in [0.15, 0.2) is 0 Å². The molecule has 0 spiro atoms. The van der Waals surface area contributed by atoms with Crippen LogP contribution in [0, 0.1) is 0 Å². The molecule has 1 amide bonds. The summed E-state index contributed by atoms with van der Waals surface area (Å²) in [4.78, 5) is 14.2. The molecule has 1 saturated carbocycles. The molecule has 1 heterocycles. The number of hydrogen-bond donors (Lipinski definition) is 2. The Bertz CT molecular complexity index is 254. The van der Waals surface area contributed by atoms with Crippen molar-refractivity contribution in [1.29, 1.82) is 0 Å². The zero-order chi connectivity index (χ0) is 11.4. The lowest BCUT2D eigenvalue weighted by molar-refractivity contribution is -0.129. The highest BCUT2D eigenvalue weighted by Crippen LogP contribution is 2.28. The molecular formula is C12H25Cl2N3O. The van der Waals surface area contributed by atoms with Gasteiger partial charge in [-0.15, -0.1) is 24.8 Å². The van der Waals surface area contributed by atoms with E-state index in [1.807, 2.05) is 0 Å². The first-order valence-corrected chi connectivity index (χ1v) is 6.50. The summed E-state index contributed by atoms with van der Waals surface area (Å²) in [5.74, 6) is 0.0516. The van der Waals surface area contributed by atoms with E-state index in [0.717, 1.165) is 32.4 Å². The number of carbonyl (C=O) groups is 1. The minimum Gasteiger partial charge on any atom is -0.353 e. The number of piperidine rings is 1. The molecule has 0 unspecified atom stereocenters. The van der Waals surface area contributed by atoms with Crippen molar-refractivity contribution in [3.63, 3.8) is 0 Å².